The van der Waals surface area contributed by atoms with Crippen molar-refractivity contribution in [1.82, 2.24) is 0 Å². The predicted octanol–water partition coefficient (Wildman–Crippen LogP) is 3.11. The number of carbonyl (C=O) groups is 3. The van der Waals surface area contributed by atoms with Crippen molar-refractivity contribution in [3.05, 3.63) is 69.8 Å². The maximum atomic E-state index is 12.7. The molecule has 1 N–H and O–H groups in total. The van der Waals surface area contributed by atoms with Gasteiger partial charge in [-0.25, -0.2) is 0 Å². The Bertz CT molecular complexity index is 864. The number of nitro groups is 1. The van der Waals surface area contributed by atoms with Gasteiger partial charge in [0, 0.05) is 30.5 Å². The van der Waals surface area contributed by atoms with Gasteiger partial charge in [0.2, 0.25) is 5.91 Å². The molecular weight excluding hydrogens is 352 g/mol. The molecule has 0 aromatic heterocycles. The summed E-state index contributed by atoms with van der Waals surface area (Å²) in [6, 6.07) is 11.9. The van der Waals surface area contributed by atoms with Crippen molar-refractivity contribution in [2.75, 3.05) is 12.4 Å². The number of benzene rings is 2. The zero-order chi connectivity index (χ0) is 19.8. The first-order chi connectivity index (χ1) is 12.9. The van der Waals surface area contributed by atoms with E-state index in [2.05, 4.69) is 10.1 Å². The summed E-state index contributed by atoms with van der Waals surface area (Å²) in [6.45, 7) is 0. The molecule has 2 aromatic carbocycles. The summed E-state index contributed by atoms with van der Waals surface area (Å²) < 4.78 is 4.51. The Morgan fingerprint density at radius 2 is 1.78 bits per heavy atom. The molecule has 0 heterocycles. The van der Waals surface area contributed by atoms with Crippen LogP contribution in [0.5, 0.6) is 0 Å². The summed E-state index contributed by atoms with van der Waals surface area (Å²) in [5, 5.41) is 13.6. The molecule has 0 aliphatic heterocycles. The molecule has 0 spiro atoms. The minimum absolute atomic E-state index is 0.0247. The van der Waals surface area contributed by atoms with E-state index in [4.69, 9.17) is 0 Å². The standard InChI is InChI=1S/C19H18N2O6/c1-27-18(23)9-5-8-17(22)20-16-11-10-14(21(25)26)12-15(16)19(24)13-6-3-2-4-7-13/h2-4,6-7,10-12H,5,8-9H2,1H3,(H,20,22). The first-order valence-electron chi connectivity index (χ1n) is 8.17. The fourth-order valence-electron chi connectivity index (χ4n) is 2.40. The van der Waals surface area contributed by atoms with Crippen molar-refractivity contribution in [2.24, 2.45) is 0 Å². The molecule has 2 aromatic rings. The van der Waals surface area contributed by atoms with E-state index < -0.39 is 22.6 Å². The Labute approximate surface area is 155 Å². The summed E-state index contributed by atoms with van der Waals surface area (Å²) in [7, 11) is 1.26. The van der Waals surface area contributed by atoms with E-state index in [9.17, 15) is 24.5 Å². The zero-order valence-electron chi connectivity index (χ0n) is 14.6. The zero-order valence-corrected chi connectivity index (χ0v) is 14.6. The van der Waals surface area contributed by atoms with Crippen LogP contribution in [0.25, 0.3) is 0 Å². The Kier molecular flexibility index (Phi) is 6.76. The lowest BCUT2D eigenvalue weighted by molar-refractivity contribution is -0.384. The van der Waals surface area contributed by atoms with Gasteiger partial charge in [-0.2, -0.15) is 0 Å². The van der Waals surface area contributed by atoms with Gasteiger partial charge in [-0.05, 0) is 12.5 Å². The molecule has 140 valence electrons. The number of hydrogen-bond acceptors (Lipinski definition) is 6. The quantitative estimate of drug-likeness (QED) is 0.330. The van der Waals surface area contributed by atoms with E-state index in [1.54, 1.807) is 30.3 Å². The van der Waals surface area contributed by atoms with E-state index in [0.717, 1.165) is 6.07 Å². The summed E-state index contributed by atoms with van der Waals surface area (Å²) in [5.74, 6) is -1.27. The average molecular weight is 370 g/mol. The van der Waals surface area contributed by atoms with Crippen LogP contribution in [0.15, 0.2) is 48.5 Å². The lowest BCUT2D eigenvalue weighted by Crippen LogP contribution is -2.15. The predicted molar refractivity (Wildman–Crippen MR) is 97.5 cm³/mol. The van der Waals surface area contributed by atoms with Crippen molar-refractivity contribution in [2.45, 2.75) is 19.3 Å². The fourth-order valence-corrected chi connectivity index (χ4v) is 2.40. The molecule has 0 saturated heterocycles. The van der Waals surface area contributed by atoms with Gasteiger partial charge >= 0.3 is 5.97 Å². The van der Waals surface area contributed by atoms with Gasteiger partial charge in [-0.1, -0.05) is 30.3 Å². The van der Waals surface area contributed by atoms with Crippen LogP contribution in [0.3, 0.4) is 0 Å². The van der Waals surface area contributed by atoms with Crippen molar-refractivity contribution < 1.29 is 24.0 Å². The van der Waals surface area contributed by atoms with Crippen LogP contribution in [-0.4, -0.2) is 29.7 Å². The smallest absolute Gasteiger partial charge is 0.305 e. The van der Waals surface area contributed by atoms with Crippen LogP contribution in [0, 0.1) is 10.1 Å². The van der Waals surface area contributed by atoms with Gasteiger partial charge < -0.3 is 10.1 Å². The number of amides is 1. The third-order valence-corrected chi connectivity index (χ3v) is 3.78. The number of rotatable bonds is 8. The molecule has 8 heteroatoms. The Hall–Kier alpha value is -3.55. The van der Waals surface area contributed by atoms with Gasteiger partial charge in [0.1, 0.15) is 0 Å². The van der Waals surface area contributed by atoms with Gasteiger partial charge in [0.15, 0.2) is 5.78 Å². The second kappa shape index (κ2) is 9.23. The maximum absolute atomic E-state index is 12.7. The molecule has 1 amide bonds. The summed E-state index contributed by atoms with van der Waals surface area (Å²) in [4.78, 5) is 46.4. The van der Waals surface area contributed by atoms with Crippen LogP contribution < -0.4 is 5.32 Å². The third kappa shape index (κ3) is 5.46. The molecular formula is C19H18N2O6. The van der Waals surface area contributed by atoms with Gasteiger partial charge in [0.05, 0.1) is 23.3 Å². The van der Waals surface area contributed by atoms with E-state index in [1.807, 2.05) is 0 Å². The molecule has 0 atom stereocenters. The summed E-state index contributed by atoms with van der Waals surface area (Å²) in [5.41, 5.74) is 0.298. The number of carbonyl (C=O) groups excluding carboxylic acids is 3. The molecule has 8 nitrogen and oxygen atoms in total. The Balaban J connectivity index is 2.22. The van der Waals surface area contributed by atoms with Gasteiger partial charge in [-0.3, -0.25) is 24.5 Å². The largest absolute Gasteiger partial charge is 0.469 e. The number of non-ortho nitro benzene ring substituents is 1. The van der Waals surface area contributed by atoms with Gasteiger partial charge in [-0.15, -0.1) is 0 Å². The second-order valence-corrected chi connectivity index (χ2v) is 5.66. The molecule has 0 bridgehead atoms. The third-order valence-electron chi connectivity index (χ3n) is 3.78. The molecule has 0 aliphatic carbocycles. The molecule has 0 radical (unpaired) electrons. The van der Waals surface area contributed by atoms with E-state index >= 15 is 0 Å². The number of nitrogens with one attached hydrogen (secondary N) is 1. The van der Waals surface area contributed by atoms with Crippen LogP contribution >= 0.6 is 0 Å². The highest BCUT2D eigenvalue weighted by atomic mass is 16.6. The van der Waals surface area contributed by atoms with Crippen molar-refractivity contribution in [3.8, 4) is 0 Å². The number of ether oxygens (including phenoxy) is 1. The molecule has 0 aliphatic rings. The summed E-state index contributed by atoms with van der Waals surface area (Å²) >= 11 is 0. The number of anilines is 1. The van der Waals surface area contributed by atoms with Crippen LogP contribution in [-0.2, 0) is 14.3 Å². The normalized spacial score (nSPS) is 10.1. The second-order valence-electron chi connectivity index (χ2n) is 5.66. The van der Waals surface area contributed by atoms with Crippen LogP contribution in [0.2, 0.25) is 0 Å². The highest BCUT2D eigenvalue weighted by Gasteiger charge is 2.19. The molecule has 2 rings (SSSR count). The minimum Gasteiger partial charge on any atom is -0.469 e. The van der Waals surface area contributed by atoms with E-state index in [-0.39, 0.29) is 36.2 Å². The van der Waals surface area contributed by atoms with Crippen molar-refractivity contribution in [1.29, 1.82) is 0 Å². The number of nitrogens with zero attached hydrogens (tertiary/aromatic N) is 1. The lowest BCUT2D eigenvalue weighted by atomic mass is 10.0. The van der Waals surface area contributed by atoms with Gasteiger partial charge in [0.25, 0.3) is 5.69 Å². The van der Waals surface area contributed by atoms with Crippen molar-refractivity contribution >= 4 is 29.0 Å². The topological polar surface area (TPSA) is 116 Å². The lowest BCUT2D eigenvalue weighted by Gasteiger charge is -2.10. The monoisotopic (exact) mass is 370 g/mol. The first-order valence-corrected chi connectivity index (χ1v) is 8.17. The number of nitro benzene ring substituents is 1. The fraction of sp³-hybridized carbons (Fsp3) is 0.211. The molecule has 0 fully saturated rings. The molecule has 27 heavy (non-hydrogen) atoms. The molecule has 0 unspecified atom stereocenters. The molecule has 0 saturated carbocycles. The highest BCUT2D eigenvalue weighted by Crippen LogP contribution is 2.25. The SMILES string of the molecule is COC(=O)CCCC(=O)Nc1ccc([N+](=O)[O-])cc1C(=O)c1ccccc1. The van der Waals surface area contributed by atoms with E-state index in [0.29, 0.717) is 5.56 Å². The van der Waals surface area contributed by atoms with E-state index in [1.165, 1.54) is 19.2 Å². The minimum atomic E-state index is -0.607. The number of hydrogen-bond donors (Lipinski definition) is 1. The summed E-state index contributed by atoms with van der Waals surface area (Å²) in [6.07, 6.45) is 0.429. The number of esters is 1. The number of methoxy groups -OCH3 is 1. The van der Waals surface area contributed by atoms with Crippen LogP contribution in [0.4, 0.5) is 11.4 Å². The van der Waals surface area contributed by atoms with Crippen LogP contribution in [0.1, 0.15) is 35.2 Å². The highest BCUT2D eigenvalue weighted by molar-refractivity contribution is 6.14. The first kappa shape index (κ1) is 19.8. The Morgan fingerprint density at radius 1 is 1.07 bits per heavy atom. The van der Waals surface area contributed by atoms with Crippen molar-refractivity contribution in [3.63, 3.8) is 0 Å². The maximum Gasteiger partial charge on any atom is 0.305 e. The average Bonchev–Trinajstić information content (AvgIpc) is 2.68. The number of ketones is 1. The Morgan fingerprint density at radius 3 is 2.41 bits per heavy atom.